The Kier molecular flexibility index (Phi) is 4.30. The molecular formula is C23H33ClO4. The Morgan fingerprint density at radius 2 is 1.89 bits per heavy atom. The minimum absolute atomic E-state index is 0.00937. The molecule has 0 bridgehead atoms. The molecule has 28 heavy (non-hydrogen) atoms. The Morgan fingerprint density at radius 1 is 1.11 bits per heavy atom. The van der Waals surface area contributed by atoms with Crippen LogP contribution >= 0.6 is 11.6 Å². The van der Waals surface area contributed by atoms with E-state index in [-0.39, 0.29) is 40.1 Å². The monoisotopic (exact) mass is 408 g/mol. The summed E-state index contributed by atoms with van der Waals surface area (Å²) in [6, 6.07) is 0. The SMILES string of the molecule is C[C@]12C(Cl)C[C@@H](O)C[C@H]1CC[C@@H]1[C@@H]2CC[C@]2(C)[C@@H](C3=CC(=O)OC3)CC[C@]12O. The lowest BCUT2D eigenvalue weighted by atomic mass is 9.43. The van der Waals surface area contributed by atoms with Crippen LogP contribution in [0.1, 0.15) is 65.2 Å². The van der Waals surface area contributed by atoms with E-state index in [1.807, 2.05) is 0 Å². The van der Waals surface area contributed by atoms with Gasteiger partial charge in [-0.25, -0.2) is 4.79 Å². The first kappa shape index (κ1) is 19.4. The van der Waals surface area contributed by atoms with E-state index in [2.05, 4.69) is 13.8 Å². The van der Waals surface area contributed by atoms with Crippen LogP contribution in [-0.2, 0) is 9.53 Å². The third-order valence-corrected chi connectivity index (χ3v) is 10.6. The van der Waals surface area contributed by atoms with Gasteiger partial charge in [-0.2, -0.15) is 0 Å². The van der Waals surface area contributed by atoms with Crippen LogP contribution < -0.4 is 0 Å². The highest BCUT2D eigenvalue weighted by molar-refractivity contribution is 6.21. The normalized spacial score (nSPS) is 55.8. The van der Waals surface area contributed by atoms with Crippen molar-refractivity contribution in [3.63, 3.8) is 0 Å². The molecule has 5 heteroatoms. The van der Waals surface area contributed by atoms with Crippen LogP contribution in [0.25, 0.3) is 0 Å². The van der Waals surface area contributed by atoms with Crippen molar-refractivity contribution in [1.29, 1.82) is 0 Å². The fourth-order valence-corrected chi connectivity index (χ4v) is 8.95. The average Bonchev–Trinajstić information content (AvgIpc) is 3.17. The minimum Gasteiger partial charge on any atom is -0.458 e. The van der Waals surface area contributed by atoms with Crippen molar-refractivity contribution in [2.24, 2.45) is 34.5 Å². The van der Waals surface area contributed by atoms with Gasteiger partial charge in [-0.15, -0.1) is 11.6 Å². The van der Waals surface area contributed by atoms with E-state index in [1.165, 1.54) is 0 Å². The molecule has 4 saturated carbocycles. The number of cyclic esters (lactones) is 1. The number of rotatable bonds is 1. The predicted molar refractivity (Wildman–Crippen MR) is 107 cm³/mol. The summed E-state index contributed by atoms with van der Waals surface area (Å²) in [6.45, 7) is 4.98. The molecule has 0 amide bonds. The number of carbonyl (C=O) groups excluding carboxylic acids is 1. The number of fused-ring (bicyclic) bond motifs is 5. The summed E-state index contributed by atoms with van der Waals surface area (Å²) in [6.07, 6.45) is 8.76. The molecule has 1 aliphatic heterocycles. The van der Waals surface area contributed by atoms with Crippen molar-refractivity contribution in [1.82, 2.24) is 0 Å². The zero-order valence-electron chi connectivity index (χ0n) is 17.0. The maximum Gasteiger partial charge on any atom is 0.331 e. The number of carbonyl (C=O) groups is 1. The number of aliphatic hydroxyl groups is 2. The van der Waals surface area contributed by atoms with E-state index in [0.29, 0.717) is 24.9 Å². The van der Waals surface area contributed by atoms with Gasteiger partial charge >= 0.3 is 5.97 Å². The molecule has 1 unspecified atom stereocenters. The van der Waals surface area contributed by atoms with Gasteiger partial charge in [0.15, 0.2) is 0 Å². The summed E-state index contributed by atoms with van der Waals surface area (Å²) in [5.41, 5.74) is 0.170. The smallest absolute Gasteiger partial charge is 0.331 e. The number of aliphatic hydroxyl groups excluding tert-OH is 1. The van der Waals surface area contributed by atoms with Gasteiger partial charge in [0.1, 0.15) is 6.61 Å². The number of hydrogen-bond donors (Lipinski definition) is 2. The van der Waals surface area contributed by atoms with Crippen LogP contribution in [0.3, 0.4) is 0 Å². The lowest BCUT2D eigenvalue weighted by molar-refractivity contribution is -0.207. The molecule has 0 saturated heterocycles. The first-order chi connectivity index (χ1) is 13.2. The maximum absolute atomic E-state index is 12.2. The van der Waals surface area contributed by atoms with Gasteiger partial charge in [-0.1, -0.05) is 13.8 Å². The second-order valence-corrected chi connectivity index (χ2v) is 11.3. The first-order valence-corrected chi connectivity index (χ1v) is 11.6. The van der Waals surface area contributed by atoms with Crippen molar-refractivity contribution in [2.45, 2.75) is 82.3 Å². The van der Waals surface area contributed by atoms with E-state index in [1.54, 1.807) is 6.08 Å². The van der Waals surface area contributed by atoms with Crippen molar-refractivity contribution < 1.29 is 19.7 Å². The fourth-order valence-electron chi connectivity index (χ4n) is 8.40. The Hall–Kier alpha value is -0.580. The van der Waals surface area contributed by atoms with E-state index in [4.69, 9.17) is 16.3 Å². The Labute approximate surface area is 172 Å². The highest BCUT2D eigenvalue weighted by Gasteiger charge is 2.68. The number of hydrogen-bond acceptors (Lipinski definition) is 4. The molecule has 0 aromatic rings. The van der Waals surface area contributed by atoms with Crippen molar-refractivity contribution in [2.75, 3.05) is 6.61 Å². The molecule has 0 aromatic carbocycles. The molecule has 4 fully saturated rings. The summed E-state index contributed by atoms with van der Waals surface area (Å²) in [7, 11) is 0. The van der Waals surface area contributed by atoms with Gasteiger partial charge in [-0.05, 0) is 86.0 Å². The number of alkyl halides is 1. The summed E-state index contributed by atoms with van der Waals surface area (Å²) in [5.74, 6) is 1.12. The number of ether oxygens (including phenoxy) is 1. The second kappa shape index (κ2) is 6.21. The third kappa shape index (κ3) is 2.34. The van der Waals surface area contributed by atoms with E-state index in [0.717, 1.165) is 50.5 Å². The van der Waals surface area contributed by atoms with E-state index in [9.17, 15) is 15.0 Å². The standard InChI is InChI=1S/C23H33ClO4/c1-21-7-5-17-18(4-3-14-10-15(25)11-19(24)22(14,17)2)23(21,27)8-6-16(21)13-9-20(26)28-12-13/h9,14-19,25,27H,3-8,10-12H2,1-2H3/t14-,15+,16-,17+,18-,19?,21-,22+,23+/m1/s1. The van der Waals surface area contributed by atoms with E-state index < -0.39 is 5.60 Å². The zero-order chi connectivity index (χ0) is 19.9. The quantitative estimate of drug-likeness (QED) is 0.511. The van der Waals surface area contributed by atoms with Gasteiger partial charge in [0.2, 0.25) is 0 Å². The van der Waals surface area contributed by atoms with Crippen LogP contribution in [0.5, 0.6) is 0 Å². The molecule has 4 nitrogen and oxygen atoms in total. The zero-order valence-corrected chi connectivity index (χ0v) is 17.8. The molecule has 9 atom stereocenters. The molecule has 0 aromatic heterocycles. The third-order valence-electron chi connectivity index (χ3n) is 9.99. The van der Waals surface area contributed by atoms with Gasteiger partial charge in [-0.3, -0.25) is 0 Å². The topological polar surface area (TPSA) is 66.8 Å². The van der Waals surface area contributed by atoms with Crippen LogP contribution in [-0.4, -0.2) is 39.9 Å². The van der Waals surface area contributed by atoms with Crippen LogP contribution in [0, 0.1) is 34.5 Å². The molecule has 0 radical (unpaired) electrons. The summed E-state index contributed by atoms with van der Waals surface area (Å²) >= 11 is 6.91. The summed E-state index contributed by atoms with van der Waals surface area (Å²) in [4.78, 5) is 11.6. The first-order valence-electron chi connectivity index (χ1n) is 11.1. The highest BCUT2D eigenvalue weighted by Crippen LogP contribution is 2.70. The lowest BCUT2D eigenvalue weighted by Crippen LogP contribution is -2.64. The Bertz CT molecular complexity index is 721. The largest absolute Gasteiger partial charge is 0.458 e. The minimum atomic E-state index is -0.701. The van der Waals surface area contributed by atoms with E-state index >= 15 is 0 Å². The lowest BCUT2D eigenvalue weighted by Gasteiger charge is -2.64. The van der Waals surface area contributed by atoms with Gasteiger partial charge in [0.25, 0.3) is 0 Å². The maximum atomic E-state index is 12.2. The van der Waals surface area contributed by atoms with Gasteiger partial charge < -0.3 is 14.9 Å². The second-order valence-electron chi connectivity index (χ2n) is 10.7. The molecule has 156 valence electrons. The molecule has 1 heterocycles. The van der Waals surface area contributed by atoms with Crippen LogP contribution in [0.2, 0.25) is 0 Å². The molecule has 5 rings (SSSR count). The molecular weight excluding hydrogens is 376 g/mol. The van der Waals surface area contributed by atoms with Crippen molar-refractivity contribution >= 4 is 17.6 Å². The summed E-state index contributed by atoms with van der Waals surface area (Å²) in [5, 5.41) is 22.4. The fraction of sp³-hybridized carbons (Fsp3) is 0.870. The Balaban J connectivity index is 1.49. The summed E-state index contributed by atoms with van der Waals surface area (Å²) < 4.78 is 5.20. The van der Waals surface area contributed by atoms with Crippen molar-refractivity contribution in [3.05, 3.63) is 11.6 Å². The number of halogens is 1. The molecule has 4 aliphatic carbocycles. The molecule has 0 spiro atoms. The van der Waals surface area contributed by atoms with Crippen molar-refractivity contribution in [3.8, 4) is 0 Å². The highest BCUT2D eigenvalue weighted by atomic mass is 35.5. The average molecular weight is 409 g/mol. The van der Waals surface area contributed by atoms with Gasteiger partial charge in [0.05, 0.1) is 11.7 Å². The molecule has 5 aliphatic rings. The number of esters is 1. The van der Waals surface area contributed by atoms with Crippen LogP contribution in [0.15, 0.2) is 11.6 Å². The molecule has 2 N–H and O–H groups in total. The predicted octanol–water partition coefficient (Wildman–Crippen LogP) is 3.82. The van der Waals surface area contributed by atoms with Crippen LogP contribution in [0.4, 0.5) is 0 Å². The van der Waals surface area contributed by atoms with Gasteiger partial charge in [0, 0.05) is 16.9 Å². The Morgan fingerprint density at radius 3 is 2.61 bits per heavy atom.